The Labute approximate surface area is 120 Å². The molecular formula is C12H23N5O2S. The lowest BCUT2D eigenvalue weighted by Gasteiger charge is -2.31. The third-order valence-corrected chi connectivity index (χ3v) is 5.17. The van der Waals surface area contributed by atoms with E-state index in [2.05, 4.69) is 9.71 Å². The van der Waals surface area contributed by atoms with Crippen LogP contribution in [-0.4, -0.2) is 48.5 Å². The highest BCUT2D eigenvalue weighted by Gasteiger charge is 2.27. The lowest BCUT2D eigenvalue weighted by Crippen LogP contribution is -2.47. The number of hydrogen-bond donors (Lipinski definition) is 2. The maximum atomic E-state index is 12.2. The number of aromatic nitrogens is 2. The Balaban J connectivity index is 1.75. The second-order valence-corrected chi connectivity index (χ2v) is 6.91. The minimum absolute atomic E-state index is 0.284. The van der Waals surface area contributed by atoms with Gasteiger partial charge in [-0.1, -0.05) is 0 Å². The van der Waals surface area contributed by atoms with Crippen LogP contribution >= 0.6 is 0 Å². The fourth-order valence-corrected chi connectivity index (χ4v) is 3.77. The average Bonchev–Trinajstić information content (AvgIpc) is 2.97. The molecule has 0 saturated carbocycles. The van der Waals surface area contributed by atoms with Gasteiger partial charge < -0.3 is 10.3 Å². The van der Waals surface area contributed by atoms with Gasteiger partial charge in [-0.2, -0.15) is 12.7 Å². The molecule has 114 valence electrons. The number of rotatable bonds is 7. The van der Waals surface area contributed by atoms with E-state index in [1.165, 1.54) is 4.31 Å². The standard InChI is InChI=1S/C12H23N5O2S/c13-9-12-3-1-7-17(10-12)20(18,19)15-4-2-6-16-8-5-14-11-16/h5,8,11-12,15H,1-4,6-7,9-10,13H2. The van der Waals surface area contributed by atoms with Gasteiger partial charge in [-0.05, 0) is 31.7 Å². The van der Waals surface area contributed by atoms with Crippen molar-refractivity contribution in [1.82, 2.24) is 18.6 Å². The fourth-order valence-electron chi connectivity index (χ4n) is 2.41. The summed E-state index contributed by atoms with van der Waals surface area (Å²) in [5, 5.41) is 0. The van der Waals surface area contributed by atoms with Crippen LogP contribution in [0.3, 0.4) is 0 Å². The number of nitrogens with zero attached hydrogens (tertiary/aromatic N) is 3. The monoisotopic (exact) mass is 301 g/mol. The molecule has 2 heterocycles. The predicted molar refractivity (Wildman–Crippen MR) is 77.1 cm³/mol. The molecule has 1 aliphatic rings. The largest absolute Gasteiger partial charge is 0.337 e. The molecule has 1 atom stereocenters. The van der Waals surface area contributed by atoms with Crippen LogP contribution in [0.4, 0.5) is 0 Å². The molecule has 0 spiro atoms. The lowest BCUT2D eigenvalue weighted by atomic mass is 10.0. The quantitative estimate of drug-likeness (QED) is 0.681. The molecule has 20 heavy (non-hydrogen) atoms. The minimum atomic E-state index is -3.36. The first-order valence-corrected chi connectivity index (χ1v) is 8.46. The van der Waals surface area contributed by atoms with E-state index in [-0.39, 0.29) is 5.92 Å². The molecule has 0 radical (unpaired) electrons. The molecule has 1 aliphatic heterocycles. The highest BCUT2D eigenvalue weighted by atomic mass is 32.2. The summed E-state index contributed by atoms with van der Waals surface area (Å²) in [5.74, 6) is 0.284. The van der Waals surface area contributed by atoms with E-state index in [1.807, 2.05) is 10.8 Å². The molecule has 3 N–H and O–H groups in total. The summed E-state index contributed by atoms with van der Waals surface area (Å²) in [7, 11) is -3.36. The highest BCUT2D eigenvalue weighted by Crippen LogP contribution is 2.17. The van der Waals surface area contributed by atoms with Gasteiger partial charge in [0.1, 0.15) is 0 Å². The van der Waals surface area contributed by atoms with Crippen LogP contribution in [0.25, 0.3) is 0 Å². The van der Waals surface area contributed by atoms with Gasteiger partial charge in [-0.15, -0.1) is 0 Å². The van der Waals surface area contributed by atoms with Gasteiger partial charge >= 0.3 is 0 Å². The first-order chi connectivity index (χ1) is 9.62. The second-order valence-electron chi connectivity index (χ2n) is 5.16. The number of nitrogens with one attached hydrogen (secondary N) is 1. The van der Waals surface area contributed by atoms with Crippen LogP contribution < -0.4 is 10.5 Å². The van der Waals surface area contributed by atoms with E-state index in [9.17, 15) is 8.42 Å². The molecule has 0 amide bonds. The van der Waals surface area contributed by atoms with Crippen LogP contribution in [0.5, 0.6) is 0 Å². The average molecular weight is 301 g/mol. The number of piperidine rings is 1. The van der Waals surface area contributed by atoms with E-state index < -0.39 is 10.2 Å². The van der Waals surface area contributed by atoms with Crippen molar-refractivity contribution in [2.24, 2.45) is 11.7 Å². The molecule has 1 fully saturated rings. The first-order valence-electron chi connectivity index (χ1n) is 7.02. The Hall–Kier alpha value is -0.960. The van der Waals surface area contributed by atoms with E-state index in [0.717, 1.165) is 25.8 Å². The Bertz CT molecular complexity index is 488. The van der Waals surface area contributed by atoms with Crippen LogP contribution in [0.2, 0.25) is 0 Å². The van der Waals surface area contributed by atoms with E-state index in [1.54, 1.807) is 12.5 Å². The zero-order chi connectivity index (χ0) is 14.4. The van der Waals surface area contributed by atoms with Gasteiger partial charge in [0.2, 0.25) is 0 Å². The Morgan fingerprint density at radius 3 is 3.00 bits per heavy atom. The van der Waals surface area contributed by atoms with E-state index in [4.69, 9.17) is 5.73 Å². The molecule has 1 saturated heterocycles. The molecule has 1 aromatic heterocycles. The Morgan fingerprint density at radius 2 is 2.30 bits per heavy atom. The summed E-state index contributed by atoms with van der Waals surface area (Å²) in [6, 6.07) is 0. The number of imidazole rings is 1. The van der Waals surface area contributed by atoms with Gasteiger partial charge in [0, 0.05) is 38.6 Å². The SMILES string of the molecule is NCC1CCCN(S(=O)(=O)NCCCn2ccnc2)C1. The van der Waals surface area contributed by atoms with Gasteiger partial charge in [0.15, 0.2) is 0 Å². The van der Waals surface area contributed by atoms with E-state index >= 15 is 0 Å². The third-order valence-electron chi connectivity index (χ3n) is 3.59. The zero-order valence-electron chi connectivity index (χ0n) is 11.6. The molecule has 1 aromatic rings. The van der Waals surface area contributed by atoms with Crippen molar-refractivity contribution in [3.63, 3.8) is 0 Å². The van der Waals surface area contributed by atoms with Crippen molar-refractivity contribution in [2.75, 3.05) is 26.2 Å². The molecule has 0 bridgehead atoms. The summed E-state index contributed by atoms with van der Waals surface area (Å²) in [6.45, 7) is 2.87. The van der Waals surface area contributed by atoms with Crippen molar-refractivity contribution in [2.45, 2.75) is 25.8 Å². The summed E-state index contributed by atoms with van der Waals surface area (Å²) in [5.41, 5.74) is 5.63. The number of nitrogens with two attached hydrogens (primary N) is 1. The van der Waals surface area contributed by atoms with Crippen molar-refractivity contribution in [3.05, 3.63) is 18.7 Å². The summed E-state index contributed by atoms with van der Waals surface area (Å²) < 4.78 is 30.4. The van der Waals surface area contributed by atoms with Crippen LogP contribution in [0.1, 0.15) is 19.3 Å². The lowest BCUT2D eigenvalue weighted by molar-refractivity contribution is 0.268. The van der Waals surface area contributed by atoms with Crippen LogP contribution in [0.15, 0.2) is 18.7 Å². The van der Waals surface area contributed by atoms with Crippen LogP contribution in [0, 0.1) is 5.92 Å². The minimum Gasteiger partial charge on any atom is -0.337 e. The molecule has 1 unspecified atom stereocenters. The maximum Gasteiger partial charge on any atom is 0.279 e. The maximum absolute atomic E-state index is 12.2. The molecular weight excluding hydrogens is 278 g/mol. The Morgan fingerprint density at radius 1 is 1.45 bits per heavy atom. The normalized spacial score (nSPS) is 21.1. The Kier molecular flexibility index (Phi) is 5.53. The van der Waals surface area contributed by atoms with Gasteiger partial charge in [-0.25, -0.2) is 9.71 Å². The number of aryl methyl sites for hydroxylation is 1. The molecule has 7 nitrogen and oxygen atoms in total. The topological polar surface area (TPSA) is 93.2 Å². The van der Waals surface area contributed by atoms with Crippen molar-refractivity contribution in [3.8, 4) is 0 Å². The molecule has 8 heteroatoms. The zero-order valence-corrected chi connectivity index (χ0v) is 12.4. The summed E-state index contributed by atoms with van der Waals surface area (Å²) >= 11 is 0. The van der Waals surface area contributed by atoms with Crippen molar-refractivity contribution in [1.29, 1.82) is 0 Å². The van der Waals surface area contributed by atoms with Crippen molar-refractivity contribution < 1.29 is 8.42 Å². The highest BCUT2D eigenvalue weighted by molar-refractivity contribution is 7.87. The van der Waals surface area contributed by atoms with Gasteiger partial charge in [-0.3, -0.25) is 0 Å². The third kappa shape index (κ3) is 4.27. The number of hydrogen-bond acceptors (Lipinski definition) is 4. The van der Waals surface area contributed by atoms with Gasteiger partial charge in [0.25, 0.3) is 10.2 Å². The summed E-state index contributed by atoms with van der Waals surface area (Å²) in [4.78, 5) is 3.95. The molecule has 0 aliphatic carbocycles. The van der Waals surface area contributed by atoms with E-state index in [0.29, 0.717) is 26.2 Å². The van der Waals surface area contributed by atoms with Crippen LogP contribution in [-0.2, 0) is 16.8 Å². The predicted octanol–water partition coefficient (Wildman–Crippen LogP) is -0.222. The first kappa shape index (κ1) is 15.4. The van der Waals surface area contributed by atoms with Gasteiger partial charge in [0.05, 0.1) is 6.33 Å². The fraction of sp³-hybridized carbons (Fsp3) is 0.750. The smallest absolute Gasteiger partial charge is 0.279 e. The second kappa shape index (κ2) is 7.16. The van der Waals surface area contributed by atoms with Crippen molar-refractivity contribution >= 4 is 10.2 Å². The molecule has 0 aromatic carbocycles. The molecule has 2 rings (SSSR count). The summed E-state index contributed by atoms with van der Waals surface area (Å²) in [6.07, 6.45) is 7.95.